The quantitative estimate of drug-likeness (QED) is 0.772. The molecule has 94 valence electrons. The maximum Gasteiger partial charge on any atom is 0.222 e. The van der Waals surface area contributed by atoms with Gasteiger partial charge in [-0.2, -0.15) is 0 Å². The summed E-state index contributed by atoms with van der Waals surface area (Å²) in [6.07, 6.45) is 1.89. The Labute approximate surface area is 97.2 Å². The van der Waals surface area contributed by atoms with Crippen molar-refractivity contribution in [3.05, 3.63) is 0 Å². The predicted molar refractivity (Wildman–Crippen MR) is 62.4 cm³/mol. The van der Waals surface area contributed by atoms with Gasteiger partial charge < -0.3 is 5.32 Å². The molecule has 0 unspecified atom stereocenters. The highest BCUT2D eigenvalue weighted by molar-refractivity contribution is 7.89. The fourth-order valence-electron chi connectivity index (χ4n) is 1.99. The lowest BCUT2D eigenvalue weighted by Gasteiger charge is -2.30. The molecule has 5 nitrogen and oxygen atoms in total. The van der Waals surface area contributed by atoms with E-state index in [0.717, 1.165) is 0 Å². The predicted octanol–water partition coefficient (Wildman–Crippen LogP) is 0.184. The molecule has 0 aromatic rings. The van der Waals surface area contributed by atoms with Crippen LogP contribution >= 0.6 is 0 Å². The lowest BCUT2D eigenvalue weighted by atomic mass is 9.97. The number of nitrogens with zero attached hydrogens (tertiary/aromatic N) is 1. The standard InChI is InChI=1S/C10H20N2O3S/c1-3-8-16(14,15)12-6-4-9(5-7-12)10(13)11-2/h9H,3-8H2,1-2H3,(H,11,13). The summed E-state index contributed by atoms with van der Waals surface area (Å²) in [4.78, 5) is 11.4. The Kier molecular flexibility index (Phi) is 4.73. The molecule has 1 rings (SSSR count). The van der Waals surface area contributed by atoms with E-state index in [1.807, 2.05) is 6.92 Å². The molecule has 0 bridgehead atoms. The summed E-state index contributed by atoms with van der Waals surface area (Å²) in [5, 5.41) is 2.61. The van der Waals surface area contributed by atoms with Crippen molar-refractivity contribution in [2.45, 2.75) is 26.2 Å². The fraction of sp³-hybridized carbons (Fsp3) is 0.900. The highest BCUT2D eigenvalue weighted by Crippen LogP contribution is 2.20. The van der Waals surface area contributed by atoms with Gasteiger partial charge >= 0.3 is 0 Å². The first-order valence-corrected chi connectivity index (χ1v) is 7.31. The molecule has 0 atom stereocenters. The van der Waals surface area contributed by atoms with Gasteiger partial charge in [0.05, 0.1) is 5.75 Å². The number of sulfonamides is 1. The van der Waals surface area contributed by atoms with E-state index >= 15 is 0 Å². The number of amides is 1. The second-order valence-corrected chi connectivity index (χ2v) is 6.19. The molecule has 1 saturated heterocycles. The molecule has 0 aromatic carbocycles. The molecule has 1 aliphatic rings. The molecule has 6 heteroatoms. The lowest BCUT2D eigenvalue weighted by Crippen LogP contribution is -2.43. The summed E-state index contributed by atoms with van der Waals surface area (Å²) in [6.45, 7) is 2.80. The van der Waals surface area contributed by atoms with E-state index in [4.69, 9.17) is 0 Å². The van der Waals surface area contributed by atoms with Crippen LogP contribution < -0.4 is 5.32 Å². The highest BCUT2D eigenvalue weighted by Gasteiger charge is 2.29. The van der Waals surface area contributed by atoms with Gasteiger partial charge in [0.25, 0.3) is 0 Å². The summed E-state index contributed by atoms with van der Waals surface area (Å²) in [5.41, 5.74) is 0. The number of nitrogens with one attached hydrogen (secondary N) is 1. The fourth-order valence-corrected chi connectivity index (χ4v) is 3.53. The zero-order chi connectivity index (χ0) is 12.2. The number of rotatable bonds is 4. The molecule has 0 saturated carbocycles. The van der Waals surface area contributed by atoms with Crippen molar-refractivity contribution in [2.75, 3.05) is 25.9 Å². The first-order valence-electron chi connectivity index (χ1n) is 5.70. The monoisotopic (exact) mass is 248 g/mol. The van der Waals surface area contributed by atoms with E-state index in [-0.39, 0.29) is 17.6 Å². The molecular weight excluding hydrogens is 228 g/mol. The number of piperidine rings is 1. The first kappa shape index (κ1) is 13.4. The molecule has 0 radical (unpaired) electrons. The zero-order valence-electron chi connectivity index (χ0n) is 9.90. The molecular formula is C10H20N2O3S. The van der Waals surface area contributed by atoms with Gasteiger partial charge in [-0.25, -0.2) is 12.7 Å². The van der Waals surface area contributed by atoms with Crippen LogP contribution in [0.15, 0.2) is 0 Å². The summed E-state index contributed by atoms with van der Waals surface area (Å²) in [6, 6.07) is 0. The maximum atomic E-state index is 11.8. The van der Waals surface area contributed by atoms with Gasteiger partial charge in [-0.3, -0.25) is 4.79 Å². The van der Waals surface area contributed by atoms with Crippen LogP contribution in [0.4, 0.5) is 0 Å². The van der Waals surface area contributed by atoms with E-state index in [2.05, 4.69) is 5.32 Å². The van der Waals surface area contributed by atoms with Gasteiger partial charge in [0.2, 0.25) is 15.9 Å². The van der Waals surface area contributed by atoms with Crippen LogP contribution in [0.2, 0.25) is 0 Å². The normalized spacial score (nSPS) is 19.6. The van der Waals surface area contributed by atoms with Gasteiger partial charge in [-0.15, -0.1) is 0 Å². The molecule has 1 N–H and O–H groups in total. The van der Waals surface area contributed by atoms with Gasteiger partial charge in [0.1, 0.15) is 0 Å². The van der Waals surface area contributed by atoms with Crippen molar-refractivity contribution in [1.82, 2.24) is 9.62 Å². The zero-order valence-corrected chi connectivity index (χ0v) is 10.7. The van der Waals surface area contributed by atoms with E-state index in [0.29, 0.717) is 32.4 Å². The van der Waals surface area contributed by atoms with Crippen LogP contribution in [-0.4, -0.2) is 44.5 Å². The molecule has 1 fully saturated rings. The largest absolute Gasteiger partial charge is 0.359 e. The molecule has 16 heavy (non-hydrogen) atoms. The van der Waals surface area contributed by atoms with Gasteiger partial charge in [-0.1, -0.05) is 6.92 Å². The van der Waals surface area contributed by atoms with Crippen LogP contribution in [0.3, 0.4) is 0 Å². The summed E-state index contributed by atoms with van der Waals surface area (Å²) in [5.74, 6) is 0.197. The average molecular weight is 248 g/mol. The van der Waals surface area contributed by atoms with Crippen LogP contribution in [0, 0.1) is 5.92 Å². The summed E-state index contributed by atoms with van der Waals surface area (Å²) >= 11 is 0. The van der Waals surface area contributed by atoms with E-state index in [1.54, 1.807) is 7.05 Å². The average Bonchev–Trinajstić information content (AvgIpc) is 2.28. The molecule has 0 spiro atoms. The third kappa shape index (κ3) is 3.18. The van der Waals surface area contributed by atoms with Crippen LogP contribution in [-0.2, 0) is 14.8 Å². The van der Waals surface area contributed by atoms with Crippen molar-refractivity contribution in [2.24, 2.45) is 5.92 Å². The van der Waals surface area contributed by atoms with Gasteiger partial charge in [0.15, 0.2) is 0 Å². The Balaban J connectivity index is 2.52. The molecule has 0 aromatic heterocycles. The van der Waals surface area contributed by atoms with Crippen molar-refractivity contribution in [3.63, 3.8) is 0 Å². The van der Waals surface area contributed by atoms with Gasteiger partial charge in [-0.05, 0) is 19.3 Å². The SMILES string of the molecule is CCCS(=O)(=O)N1CCC(C(=O)NC)CC1. The van der Waals surface area contributed by atoms with Crippen LogP contribution in [0.25, 0.3) is 0 Å². The van der Waals surface area contributed by atoms with E-state index < -0.39 is 10.0 Å². The second kappa shape index (κ2) is 5.63. The number of hydrogen-bond acceptors (Lipinski definition) is 3. The van der Waals surface area contributed by atoms with Crippen molar-refractivity contribution >= 4 is 15.9 Å². The highest BCUT2D eigenvalue weighted by atomic mass is 32.2. The Morgan fingerprint density at radius 2 is 1.94 bits per heavy atom. The number of carbonyl (C=O) groups excluding carboxylic acids is 1. The number of carbonyl (C=O) groups is 1. The molecule has 1 heterocycles. The molecule has 1 aliphatic heterocycles. The molecule has 0 aliphatic carbocycles. The van der Waals surface area contributed by atoms with Crippen LogP contribution in [0.1, 0.15) is 26.2 Å². The minimum atomic E-state index is -3.09. The second-order valence-electron chi connectivity index (χ2n) is 4.10. The van der Waals surface area contributed by atoms with E-state index in [9.17, 15) is 13.2 Å². The topological polar surface area (TPSA) is 66.5 Å². The van der Waals surface area contributed by atoms with Crippen molar-refractivity contribution in [3.8, 4) is 0 Å². The summed E-state index contributed by atoms with van der Waals surface area (Å²) in [7, 11) is -1.47. The Morgan fingerprint density at radius 1 is 1.38 bits per heavy atom. The third-order valence-electron chi connectivity index (χ3n) is 2.93. The Morgan fingerprint density at radius 3 is 2.38 bits per heavy atom. The Hall–Kier alpha value is -0.620. The first-order chi connectivity index (χ1) is 7.51. The minimum Gasteiger partial charge on any atom is -0.359 e. The molecule has 1 amide bonds. The smallest absolute Gasteiger partial charge is 0.222 e. The van der Waals surface area contributed by atoms with E-state index in [1.165, 1.54) is 4.31 Å². The lowest BCUT2D eigenvalue weighted by molar-refractivity contribution is -0.125. The minimum absolute atomic E-state index is 0.0209. The Bertz CT molecular complexity index is 332. The van der Waals surface area contributed by atoms with Gasteiger partial charge in [0, 0.05) is 26.1 Å². The van der Waals surface area contributed by atoms with Crippen molar-refractivity contribution in [1.29, 1.82) is 0 Å². The summed E-state index contributed by atoms with van der Waals surface area (Å²) < 4.78 is 25.0. The number of hydrogen-bond donors (Lipinski definition) is 1. The maximum absolute atomic E-state index is 11.8. The van der Waals surface area contributed by atoms with Crippen molar-refractivity contribution < 1.29 is 13.2 Å². The van der Waals surface area contributed by atoms with Crippen LogP contribution in [0.5, 0.6) is 0 Å². The third-order valence-corrected chi connectivity index (χ3v) is 5.00.